The first kappa shape index (κ1) is 10.9. The van der Waals surface area contributed by atoms with Crippen molar-refractivity contribution in [3.63, 3.8) is 0 Å². The zero-order valence-electron chi connectivity index (χ0n) is 8.13. The largest absolute Gasteiger partial charge is 0.441 e. The molecule has 0 bridgehead atoms. The minimum absolute atomic E-state index is 0.670. The van der Waals surface area contributed by atoms with Gasteiger partial charge < -0.3 is 4.42 Å². The highest BCUT2D eigenvalue weighted by Gasteiger charge is 2.10. The van der Waals surface area contributed by atoms with E-state index in [1.165, 1.54) is 0 Å². The molecule has 1 aromatic carbocycles. The number of benzene rings is 1. The summed E-state index contributed by atoms with van der Waals surface area (Å²) < 4.78 is 6.61. The van der Waals surface area contributed by atoms with Crippen molar-refractivity contribution in [1.82, 2.24) is 4.98 Å². The summed E-state index contributed by atoms with van der Waals surface area (Å²) in [5.74, 6) is 1.53. The molecule has 2 nitrogen and oxygen atoms in total. The van der Waals surface area contributed by atoms with Crippen molar-refractivity contribution in [1.29, 1.82) is 0 Å². The first-order valence-corrected chi connectivity index (χ1v) is 6.40. The van der Waals surface area contributed by atoms with Gasteiger partial charge in [-0.2, -0.15) is 0 Å². The molecule has 0 spiro atoms. The van der Waals surface area contributed by atoms with Crippen LogP contribution in [0.3, 0.4) is 0 Å². The molecule has 0 radical (unpaired) electrons. The molecule has 1 heterocycles. The number of hydrogen-bond donors (Lipinski definition) is 0. The molecule has 0 amide bonds. The standard InChI is InChI=1S/C11H9Br2NO/c1-7-10(6-12)14-11(15-7)8-3-2-4-9(13)5-8/h2-5H,6H2,1H3. The lowest BCUT2D eigenvalue weighted by Crippen LogP contribution is -1.80. The van der Waals surface area contributed by atoms with E-state index < -0.39 is 0 Å². The van der Waals surface area contributed by atoms with Crippen LogP contribution < -0.4 is 0 Å². The summed E-state index contributed by atoms with van der Waals surface area (Å²) >= 11 is 6.80. The lowest BCUT2D eigenvalue weighted by atomic mass is 10.2. The Labute approximate surface area is 105 Å². The Kier molecular flexibility index (Phi) is 3.26. The Hall–Kier alpha value is -0.610. The average Bonchev–Trinajstić information content (AvgIpc) is 2.60. The molecule has 0 N–H and O–H groups in total. The first-order valence-electron chi connectivity index (χ1n) is 4.49. The van der Waals surface area contributed by atoms with Crippen LogP contribution in [0.25, 0.3) is 11.5 Å². The van der Waals surface area contributed by atoms with E-state index in [0.717, 1.165) is 26.8 Å². The Morgan fingerprint density at radius 2 is 2.20 bits per heavy atom. The number of aryl methyl sites for hydroxylation is 1. The molecule has 0 saturated carbocycles. The molecular formula is C11H9Br2NO. The third kappa shape index (κ3) is 2.32. The third-order valence-corrected chi connectivity index (χ3v) is 3.12. The molecule has 78 valence electrons. The molecule has 15 heavy (non-hydrogen) atoms. The van der Waals surface area contributed by atoms with E-state index in [0.29, 0.717) is 5.89 Å². The van der Waals surface area contributed by atoms with Crippen LogP contribution in [-0.4, -0.2) is 4.98 Å². The molecule has 0 unspecified atom stereocenters. The minimum Gasteiger partial charge on any atom is -0.441 e. The topological polar surface area (TPSA) is 26.0 Å². The van der Waals surface area contributed by atoms with Crippen LogP contribution >= 0.6 is 31.9 Å². The second-order valence-corrected chi connectivity index (χ2v) is 4.64. The number of rotatable bonds is 2. The molecule has 0 aliphatic rings. The van der Waals surface area contributed by atoms with Crippen molar-refractivity contribution >= 4 is 31.9 Å². The van der Waals surface area contributed by atoms with E-state index in [-0.39, 0.29) is 0 Å². The van der Waals surface area contributed by atoms with Gasteiger partial charge in [0.1, 0.15) is 5.76 Å². The number of hydrogen-bond acceptors (Lipinski definition) is 2. The summed E-state index contributed by atoms with van der Waals surface area (Å²) in [5, 5.41) is 0.719. The summed E-state index contributed by atoms with van der Waals surface area (Å²) in [4.78, 5) is 4.41. The lowest BCUT2D eigenvalue weighted by Gasteiger charge is -1.95. The quantitative estimate of drug-likeness (QED) is 0.767. The van der Waals surface area contributed by atoms with Crippen LogP contribution in [0.2, 0.25) is 0 Å². The van der Waals surface area contributed by atoms with Crippen molar-refractivity contribution in [2.45, 2.75) is 12.3 Å². The van der Waals surface area contributed by atoms with Crippen LogP contribution in [-0.2, 0) is 5.33 Å². The van der Waals surface area contributed by atoms with E-state index in [1.54, 1.807) is 0 Å². The first-order chi connectivity index (χ1) is 7.20. The zero-order valence-corrected chi connectivity index (χ0v) is 11.3. The van der Waals surface area contributed by atoms with Crippen LogP contribution in [0.4, 0.5) is 0 Å². The minimum atomic E-state index is 0.670. The van der Waals surface area contributed by atoms with E-state index in [4.69, 9.17) is 4.42 Å². The van der Waals surface area contributed by atoms with Gasteiger partial charge in [-0.05, 0) is 25.1 Å². The van der Waals surface area contributed by atoms with Gasteiger partial charge in [0.2, 0.25) is 5.89 Å². The van der Waals surface area contributed by atoms with Crippen LogP contribution in [0.1, 0.15) is 11.5 Å². The number of nitrogens with zero attached hydrogens (tertiary/aromatic N) is 1. The van der Waals surface area contributed by atoms with Gasteiger partial charge in [-0.25, -0.2) is 4.98 Å². The number of aromatic nitrogens is 1. The second-order valence-electron chi connectivity index (χ2n) is 3.17. The summed E-state index contributed by atoms with van der Waals surface area (Å²) in [5.41, 5.74) is 1.93. The van der Waals surface area contributed by atoms with Gasteiger partial charge in [0.15, 0.2) is 0 Å². The van der Waals surface area contributed by atoms with Gasteiger partial charge >= 0.3 is 0 Å². The monoisotopic (exact) mass is 329 g/mol. The van der Waals surface area contributed by atoms with Crippen molar-refractivity contribution in [3.05, 3.63) is 40.2 Å². The maximum absolute atomic E-state index is 5.58. The molecule has 0 aliphatic carbocycles. The van der Waals surface area contributed by atoms with Gasteiger partial charge in [0.25, 0.3) is 0 Å². The lowest BCUT2D eigenvalue weighted by molar-refractivity contribution is 0.540. The van der Waals surface area contributed by atoms with Crippen molar-refractivity contribution in [2.24, 2.45) is 0 Å². The van der Waals surface area contributed by atoms with Crippen molar-refractivity contribution < 1.29 is 4.42 Å². The Morgan fingerprint density at radius 1 is 1.40 bits per heavy atom. The number of oxazole rings is 1. The molecular weight excluding hydrogens is 322 g/mol. The van der Waals surface area contributed by atoms with Gasteiger partial charge in [-0.1, -0.05) is 37.9 Å². The molecule has 0 fully saturated rings. The normalized spacial score (nSPS) is 10.6. The summed E-state index contributed by atoms with van der Waals surface area (Å²) in [6.07, 6.45) is 0. The van der Waals surface area contributed by atoms with Gasteiger partial charge in [0, 0.05) is 15.4 Å². The molecule has 2 rings (SSSR count). The van der Waals surface area contributed by atoms with Crippen molar-refractivity contribution in [3.8, 4) is 11.5 Å². The highest BCUT2D eigenvalue weighted by Crippen LogP contribution is 2.25. The highest BCUT2D eigenvalue weighted by atomic mass is 79.9. The number of alkyl halides is 1. The molecule has 1 aromatic heterocycles. The van der Waals surface area contributed by atoms with E-state index in [9.17, 15) is 0 Å². The fourth-order valence-corrected chi connectivity index (χ4v) is 2.22. The van der Waals surface area contributed by atoms with E-state index >= 15 is 0 Å². The van der Waals surface area contributed by atoms with Crippen molar-refractivity contribution in [2.75, 3.05) is 0 Å². The van der Waals surface area contributed by atoms with Crippen LogP contribution in [0.5, 0.6) is 0 Å². The Morgan fingerprint density at radius 3 is 2.80 bits per heavy atom. The molecule has 4 heteroatoms. The van der Waals surface area contributed by atoms with Crippen LogP contribution in [0, 0.1) is 6.92 Å². The van der Waals surface area contributed by atoms with Crippen LogP contribution in [0.15, 0.2) is 33.2 Å². The van der Waals surface area contributed by atoms with Gasteiger partial charge in [0.05, 0.1) is 5.69 Å². The zero-order chi connectivity index (χ0) is 10.8. The summed E-state index contributed by atoms with van der Waals surface area (Å²) in [7, 11) is 0. The maximum Gasteiger partial charge on any atom is 0.226 e. The second kappa shape index (κ2) is 4.49. The molecule has 0 aliphatic heterocycles. The fourth-order valence-electron chi connectivity index (χ4n) is 1.30. The Balaban J connectivity index is 2.45. The van der Waals surface area contributed by atoms with E-state index in [2.05, 4.69) is 36.8 Å². The number of halogens is 2. The SMILES string of the molecule is Cc1oc(-c2cccc(Br)c2)nc1CBr. The smallest absolute Gasteiger partial charge is 0.226 e. The average molecular weight is 331 g/mol. The Bertz CT molecular complexity index is 479. The molecule has 2 aromatic rings. The summed E-state index contributed by atoms with van der Waals surface area (Å²) in [6, 6.07) is 7.91. The fraction of sp³-hybridized carbons (Fsp3) is 0.182. The highest BCUT2D eigenvalue weighted by molar-refractivity contribution is 9.10. The summed E-state index contributed by atoms with van der Waals surface area (Å²) in [6.45, 7) is 1.92. The van der Waals surface area contributed by atoms with Gasteiger partial charge in [-0.3, -0.25) is 0 Å². The maximum atomic E-state index is 5.58. The molecule has 0 saturated heterocycles. The predicted molar refractivity (Wildman–Crippen MR) is 67.0 cm³/mol. The van der Waals surface area contributed by atoms with Gasteiger partial charge in [-0.15, -0.1) is 0 Å². The predicted octanol–water partition coefficient (Wildman–Crippen LogP) is 4.31. The molecule has 0 atom stereocenters. The third-order valence-electron chi connectivity index (χ3n) is 2.09. The van der Waals surface area contributed by atoms with E-state index in [1.807, 2.05) is 31.2 Å².